The Balaban J connectivity index is 1.46. The average Bonchev–Trinajstić information content (AvgIpc) is 3.68. The third-order valence-electron chi connectivity index (χ3n) is 12.6. The van der Waals surface area contributed by atoms with Crippen LogP contribution in [0.15, 0.2) is 36.4 Å². The molecule has 0 radical (unpaired) electrons. The molecule has 1 saturated carbocycles. The zero-order valence-electron chi connectivity index (χ0n) is 32.4. The number of para-hydroxylation sites is 1. The first kappa shape index (κ1) is 39.0. The number of amides is 2. The predicted octanol–water partition coefficient (Wildman–Crippen LogP) is 4.13. The van der Waals surface area contributed by atoms with Gasteiger partial charge in [0, 0.05) is 67.6 Å². The highest BCUT2D eigenvalue weighted by atomic mass is 16.7. The van der Waals surface area contributed by atoms with E-state index in [-0.39, 0.29) is 48.3 Å². The van der Waals surface area contributed by atoms with Gasteiger partial charge < -0.3 is 36.0 Å². The van der Waals surface area contributed by atoms with E-state index >= 15 is 0 Å². The Hall–Kier alpha value is -3.22. The smallest absolute Gasteiger partial charge is 0.251 e. The topological polar surface area (TPSA) is 133 Å². The van der Waals surface area contributed by atoms with Gasteiger partial charge in [0.05, 0.1) is 25.9 Å². The molecule has 282 valence electrons. The van der Waals surface area contributed by atoms with Crippen molar-refractivity contribution in [1.29, 1.82) is 0 Å². The largest absolute Gasteiger partial charge is 0.496 e. The van der Waals surface area contributed by atoms with Crippen molar-refractivity contribution in [3.05, 3.63) is 47.5 Å². The maximum absolute atomic E-state index is 14.3. The van der Waals surface area contributed by atoms with Crippen LogP contribution in [0.5, 0.6) is 5.75 Å². The highest BCUT2D eigenvalue weighted by molar-refractivity contribution is 5.97. The van der Waals surface area contributed by atoms with E-state index in [9.17, 15) is 14.7 Å². The van der Waals surface area contributed by atoms with Crippen molar-refractivity contribution in [3.8, 4) is 16.9 Å². The lowest BCUT2D eigenvalue weighted by Crippen LogP contribution is -2.56. The summed E-state index contributed by atoms with van der Waals surface area (Å²) in [5.74, 6) is 0.968. The zero-order valence-corrected chi connectivity index (χ0v) is 32.4. The van der Waals surface area contributed by atoms with Crippen molar-refractivity contribution in [3.63, 3.8) is 0 Å². The fraction of sp³-hybridized carbons (Fsp3) is 0.650. The fourth-order valence-electron chi connectivity index (χ4n) is 8.58. The van der Waals surface area contributed by atoms with Gasteiger partial charge in [-0.3, -0.25) is 14.4 Å². The number of hydrogen-bond acceptors (Lipinski definition) is 9. The van der Waals surface area contributed by atoms with E-state index < -0.39 is 24.2 Å². The number of ether oxygens (including phenoxy) is 1. The molecule has 11 heteroatoms. The molecule has 0 spiro atoms. The number of rotatable bonds is 11. The number of nitrogens with one attached hydrogen (secondary N) is 2. The van der Waals surface area contributed by atoms with Crippen molar-refractivity contribution in [1.82, 2.24) is 20.6 Å². The minimum absolute atomic E-state index is 0.00626. The molecule has 1 aliphatic carbocycles. The molecule has 2 aromatic rings. The molecule has 2 aliphatic heterocycles. The summed E-state index contributed by atoms with van der Waals surface area (Å²) in [4.78, 5) is 38.5. The maximum Gasteiger partial charge on any atom is 0.251 e. The molecule has 2 aromatic carbocycles. The highest BCUT2D eigenvalue weighted by Crippen LogP contribution is 2.47. The monoisotopic (exact) mass is 706 g/mol. The van der Waals surface area contributed by atoms with E-state index in [0.29, 0.717) is 23.1 Å². The molecule has 0 unspecified atom stereocenters. The van der Waals surface area contributed by atoms with Gasteiger partial charge in [-0.05, 0) is 80.3 Å². The van der Waals surface area contributed by atoms with Crippen molar-refractivity contribution >= 4 is 17.5 Å². The number of nitrogens with zero attached hydrogens (tertiary/aromatic N) is 3. The van der Waals surface area contributed by atoms with E-state index in [1.165, 1.54) is 0 Å². The summed E-state index contributed by atoms with van der Waals surface area (Å²) in [5, 5.41) is 19.3. The Morgan fingerprint density at radius 2 is 1.88 bits per heavy atom. The van der Waals surface area contributed by atoms with Crippen LogP contribution in [0, 0.1) is 29.1 Å². The number of nitrogens with two attached hydrogens (primary N) is 1. The molecule has 11 nitrogen and oxygen atoms in total. The number of aliphatic hydroxyl groups excluding tert-OH is 1. The molecule has 2 heterocycles. The van der Waals surface area contributed by atoms with Crippen LogP contribution in [0.1, 0.15) is 70.3 Å². The lowest BCUT2D eigenvalue weighted by Gasteiger charge is -2.50. The summed E-state index contributed by atoms with van der Waals surface area (Å²) >= 11 is 0. The normalized spacial score (nSPS) is 30.2. The molecule has 5 N–H and O–H groups in total. The van der Waals surface area contributed by atoms with Crippen LogP contribution in [0.25, 0.3) is 11.1 Å². The van der Waals surface area contributed by atoms with Crippen molar-refractivity contribution in [2.24, 2.45) is 34.8 Å². The summed E-state index contributed by atoms with van der Waals surface area (Å²) in [7, 11) is 7.61. The number of benzene rings is 2. The van der Waals surface area contributed by atoms with Crippen molar-refractivity contribution in [2.45, 2.75) is 91.3 Å². The van der Waals surface area contributed by atoms with Crippen LogP contribution in [0.2, 0.25) is 0 Å². The van der Waals surface area contributed by atoms with Crippen LogP contribution < -0.4 is 26.0 Å². The third kappa shape index (κ3) is 8.08. The number of carbonyl (C=O) groups is 2. The van der Waals surface area contributed by atoms with Gasteiger partial charge in [-0.1, -0.05) is 52.8 Å². The second-order valence-corrected chi connectivity index (χ2v) is 16.3. The molecular formula is C40H62N6O5. The van der Waals surface area contributed by atoms with Gasteiger partial charge in [0.2, 0.25) is 5.91 Å². The van der Waals surface area contributed by atoms with Crippen molar-refractivity contribution < 1.29 is 24.3 Å². The number of anilines is 1. The van der Waals surface area contributed by atoms with Gasteiger partial charge in [0.25, 0.3) is 5.91 Å². The quantitative estimate of drug-likeness (QED) is 0.273. The van der Waals surface area contributed by atoms with Crippen molar-refractivity contribution in [2.75, 3.05) is 52.8 Å². The molecule has 0 bridgehead atoms. The molecule has 2 saturated heterocycles. The van der Waals surface area contributed by atoms with Gasteiger partial charge in [-0.15, -0.1) is 0 Å². The second-order valence-electron chi connectivity index (χ2n) is 16.3. The molecule has 5 rings (SSSR count). The fourth-order valence-corrected chi connectivity index (χ4v) is 8.58. The minimum Gasteiger partial charge on any atom is -0.496 e. The summed E-state index contributed by atoms with van der Waals surface area (Å²) in [6.07, 6.45) is 0.452. The molecule has 3 fully saturated rings. The molecule has 51 heavy (non-hydrogen) atoms. The number of hydroxylamine groups is 2. The number of likely N-dealkylation sites (tertiary alicyclic amines) is 1. The second kappa shape index (κ2) is 15.8. The zero-order chi connectivity index (χ0) is 37.4. The molecule has 2 amide bonds. The van der Waals surface area contributed by atoms with E-state index in [0.717, 1.165) is 48.3 Å². The first-order chi connectivity index (χ1) is 24.1. The number of carbonyl (C=O) groups excluding carboxylic acids is 2. The standard InChI is InChI=1S/C40H62N6O5/c1-23-16-33(24(2)25(3)40(23,5)6)43-39(49)36-35(26(4)47)34(20-41)51-46(36)21-27-12-11-13-32(37(27)50-10)28-17-29(19-31(18-28)44(7)8)38(48)42-30-14-15-45(9)22-30/h11-13,17-19,23-26,30,33-36,47H,14-16,20-22,41H2,1-10H3,(H,42,48)(H,43,49)/t23-,24+,25+,26+,30-,33+,34+,35-,36+/m1/s1. The summed E-state index contributed by atoms with van der Waals surface area (Å²) in [5.41, 5.74) is 10.3. The van der Waals surface area contributed by atoms with Crippen LogP contribution >= 0.6 is 0 Å². The minimum atomic E-state index is -0.823. The van der Waals surface area contributed by atoms with Gasteiger partial charge in [0.1, 0.15) is 11.8 Å². The molecule has 3 aliphatic rings. The Kier molecular flexibility index (Phi) is 12.1. The van der Waals surface area contributed by atoms with Crippen LogP contribution in [0.3, 0.4) is 0 Å². The SMILES string of the molecule is COc1c(CN2O[C@@H](CN)[C@@H]([C@H](C)O)[C@H]2C(=O)N[C@H]2C[C@@H](C)C(C)(C)[C@@H](C)[C@@H]2C)cccc1-c1cc(C(=O)N[C@@H]2CCN(C)C2)cc(N(C)C)c1. The first-order valence-corrected chi connectivity index (χ1v) is 18.7. The average molecular weight is 707 g/mol. The highest BCUT2D eigenvalue weighted by Gasteiger charge is 2.51. The number of aliphatic hydroxyl groups is 1. The lowest BCUT2D eigenvalue weighted by atomic mass is 9.58. The van der Waals surface area contributed by atoms with E-state index in [4.69, 9.17) is 15.3 Å². The predicted molar refractivity (Wildman–Crippen MR) is 202 cm³/mol. The number of hydrogen-bond donors (Lipinski definition) is 4. The van der Waals surface area contributed by atoms with Crippen LogP contribution in [-0.2, 0) is 16.2 Å². The molecular weight excluding hydrogens is 644 g/mol. The Labute approximate surface area is 305 Å². The molecule has 0 aromatic heterocycles. The summed E-state index contributed by atoms with van der Waals surface area (Å²) < 4.78 is 6.09. The van der Waals surface area contributed by atoms with Gasteiger partial charge in [-0.25, -0.2) is 0 Å². The van der Waals surface area contributed by atoms with Crippen LogP contribution in [0.4, 0.5) is 5.69 Å². The summed E-state index contributed by atoms with van der Waals surface area (Å²) in [6.45, 7) is 15.3. The Morgan fingerprint density at radius 1 is 1.16 bits per heavy atom. The lowest BCUT2D eigenvalue weighted by molar-refractivity contribution is -0.174. The van der Waals surface area contributed by atoms with Gasteiger partial charge in [0.15, 0.2) is 0 Å². The Bertz CT molecular complexity index is 1550. The first-order valence-electron chi connectivity index (χ1n) is 18.7. The summed E-state index contributed by atoms with van der Waals surface area (Å²) in [6, 6.07) is 11.1. The van der Waals surface area contributed by atoms with E-state index in [1.54, 1.807) is 19.1 Å². The van der Waals surface area contributed by atoms with E-state index in [2.05, 4.69) is 57.2 Å². The Morgan fingerprint density at radius 3 is 2.49 bits per heavy atom. The third-order valence-corrected chi connectivity index (χ3v) is 12.6. The molecule has 9 atom stereocenters. The van der Waals surface area contributed by atoms with Crippen LogP contribution in [-0.4, -0.2) is 105 Å². The van der Waals surface area contributed by atoms with Gasteiger partial charge in [-0.2, -0.15) is 5.06 Å². The number of likely N-dealkylation sites (N-methyl/N-ethyl adjacent to an activating group) is 1. The van der Waals surface area contributed by atoms with E-state index in [1.807, 2.05) is 55.4 Å². The maximum atomic E-state index is 14.3. The van der Waals surface area contributed by atoms with Gasteiger partial charge >= 0.3 is 0 Å². The number of methoxy groups -OCH3 is 1.